The second-order valence-electron chi connectivity index (χ2n) is 12.7. The summed E-state index contributed by atoms with van der Waals surface area (Å²) in [6.07, 6.45) is -0.226. The molecule has 220 valence electrons. The van der Waals surface area contributed by atoms with E-state index in [0.717, 1.165) is 34.0 Å². The van der Waals surface area contributed by atoms with Crippen LogP contribution in [0.2, 0.25) is 0 Å². The van der Waals surface area contributed by atoms with Gasteiger partial charge in [0.2, 0.25) is 0 Å². The molecule has 1 unspecified atom stereocenters. The highest BCUT2D eigenvalue weighted by Gasteiger charge is 2.38. The maximum absolute atomic E-state index is 5.08. The van der Waals surface area contributed by atoms with Gasteiger partial charge in [-0.15, -0.1) is 0 Å². The highest BCUT2D eigenvalue weighted by Crippen LogP contribution is 2.53. The Balaban J connectivity index is 1.18. The molecule has 1 aromatic heterocycles. The molecule has 4 heteroatoms. The van der Waals surface area contributed by atoms with Gasteiger partial charge >= 0.3 is 0 Å². The second-order valence-corrected chi connectivity index (χ2v) is 12.7. The zero-order valence-corrected chi connectivity index (χ0v) is 25.8. The zero-order chi connectivity index (χ0) is 30.8. The van der Waals surface area contributed by atoms with Crippen LogP contribution in [-0.2, 0) is 5.41 Å². The van der Waals surface area contributed by atoms with E-state index in [-0.39, 0.29) is 11.6 Å². The summed E-state index contributed by atoms with van der Waals surface area (Å²) in [6, 6.07) is 51.6. The lowest BCUT2D eigenvalue weighted by atomic mass is 9.80. The topological polar surface area (TPSA) is 41.7 Å². The molecule has 0 bridgehead atoms. The van der Waals surface area contributed by atoms with E-state index in [4.69, 9.17) is 9.98 Å². The normalized spacial score (nSPS) is 16.4. The number of rotatable bonds is 4. The van der Waals surface area contributed by atoms with E-state index in [0.29, 0.717) is 0 Å². The average molecular weight is 593 g/mol. The van der Waals surface area contributed by atoms with Crippen molar-refractivity contribution in [2.75, 3.05) is 0 Å². The third kappa shape index (κ3) is 4.00. The zero-order valence-electron chi connectivity index (χ0n) is 25.8. The van der Waals surface area contributed by atoms with Crippen molar-refractivity contribution in [1.29, 1.82) is 0 Å². The number of aliphatic imine (C=N–C) groups is 2. The Hall–Kier alpha value is -5.74. The average Bonchev–Trinajstić information content (AvgIpc) is 3.57. The first-order valence-electron chi connectivity index (χ1n) is 15.9. The van der Waals surface area contributed by atoms with Crippen LogP contribution >= 0.6 is 0 Å². The molecule has 0 saturated heterocycles. The molecule has 1 aliphatic carbocycles. The SMILES string of the molecule is CC1(C)c2ccccc2-c2ccc3c(c21)c1ccccc1n3-c1ccc(C2=NC(c3ccccc3)NC(c3ccccc3)=N2)cc1. The largest absolute Gasteiger partial charge is 0.344 e. The van der Waals surface area contributed by atoms with Gasteiger partial charge in [-0.25, -0.2) is 9.98 Å². The lowest BCUT2D eigenvalue weighted by Crippen LogP contribution is -2.33. The van der Waals surface area contributed by atoms with Crippen molar-refractivity contribution in [3.8, 4) is 16.8 Å². The van der Waals surface area contributed by atoms with Gasteiger partial charge in [0.1, 0.15) is 12.0 Å². The Morgan fingerprint density at radius 2 is 1.30 bits per heavy atom. The molecule has 0 radical (unpaired) electrons. The number of hydrogen-bond donors (Lipinski definition) is 1. The van der Waals surface area contributed by atoms with E-state index in [9.17, 15) is 0 Å². The van der Waals surface area contributed by atoms with Crippen LogP contribution in [0.1, 0.15) is 47.8 Å². The lowest BCUT2D eigenvalue weighted by molar-refractivity contribution is 0.666. The number of hydrogen-bond acceptors (Lipinski definition) is 3. The fraction of sp³-hybridized carbons (Fsp3) is 0.0952. The quantitative estimate of drug-likeness (QED) is 0.217. The molecule has 0 saturated carbocycles. The van der Waals surface area contributed by atoms with E-state index >= 15 is 0 Å². The second kappa shape index (κ2) is 10.1. The van der Waals surface area contributed by atoms with Crippen LogP contribution in [0, 0.1) is 0 Å². The summed E-state index contributed by atoms with van der Waals surface area (Å²) in [5.74, 6) is 1.54. The molecular weight excluding hydrogens is 560 g/mol. The molecule has 2 heterocycles. The molecule has 1 aliphatic heterocycles. The maximum atomic E-state index is 5.08. The number of para-hydroxylation sites is 1. The molecule has 2 aliphatic rings. The molecule has 0 spiro atoms. The third-order valence-electron chi connectivity index (χ3n) is 9.64. The van der Waals surface area contributed by atoms with E-state index in [1.165, 1.54) is 44.1 Å². The summed E-state index contributed by atoms with van der Waals surface area (Å²) in [5.41, 5.74) is 12.1. The predicted molar refractivity (Wildman–Crippen MR) is 190 cm³/mol. The summed E-state index contributed by atoms with van der Waals surface area (Å²) in [7, 11) is 0. The van der Waals surface area contributed by atoms with Crippen LogP contribution in [0.25, 0.3) is 38.6 Å². The van der Waals surface area contributed by atoms with Crippen LogP contribution in [0.4, 0.5) is 0 Å². The molecule has 4 nitrogen and oxygen atoms in total. The molecule has 9 rings (SSSR count). The van der Waals surface area contributed by atoms with Crippen molar-refractivity contribution >= 4 is 33.5 Å². The first-order valence-corrected chi connectivity index (χ1v) is 15.9. The van der Waals surface area contributed by atoms with Crippen LogP contribution in [0.15, 0.2) is 156 Å². The van der Waals surface area contributed by atoms with Gasteiger partial charge < -0.3 is 9.88 Å². The van der Waals surface area contributed by atoms with Crippen LogP contribution in [0.5, 0.6) is 0 Å². The van der Waals surface area contributed by atoms with Gasteiger partial charge in [-0.1, -0.05) is 123 Å². The Morgan fingerprint density at radius 3 is 2.11 bits per heavy atom. The number of benzene rings is 6. The van der Waals surface area contributed by atoms with Gasteiger partial charge in [0.05, 0.1) is 11.0 Å². The summed E-state index contributed by atoms with van der Waals surface area (Å²) >= 11 is 0. The smallest absolute Gasteiger partial charge is 0.159 e. The maximum Gasteiger partial charge on any atom is 0.159 e. The summed E-state index contributed by atoms with van der Waals surface area (Å²) < 4.78 is 2.41. The molecule has 7 aromatic rings. The van der Waals surface area contributed by atoms with Gasteiger partial charge in [-0.05, 0) is 64.2 Å². The fourth-order valence-electron chi connectivity index (χ4n) is 7.50. The van der Waals surface area contributed by atoms with Crippen LogP contribution in [-0.4, -0.2) is 16.2 Å². The van der Waals surface area contributed by atoms with Crippen molar-refractivity contribution in [3.63, 3.8) is 0 Å². The Labute approximate surface area is 268 Å². The highest BCUT2D eigenvalue weighted by molar-refractivity contribution is 6.15. The van der Waals surface area contributed by atoms with Crippen molar-refractivity contribution in [3.05, 3.63) is 173 Å². The molecular formula is C42H32N4. The number of fused-ring (bicyclic) bond motifs is 7. The Kier molecular flexibility index (Phi) is 5.88. The molecule has 6 aromatic carbocycles. The van der Waals surface area contributed by atoms with Gasteiger partial charge in [-0.2, -0.15) is 0 Å². The predicted octanol–water partition coefficient (Wildman–Crippen LogP) is 9.59. The lowest BCUT2D eigenvalue weighted by Gasteiger charge is -2.23. The van der Waals surface area contributed by atoms with Crippen molar-refractivity contribution in [2.24, 2.45) is 9.98 Å². The van der Waals surface area contributed by atoms with Crippen LogP contribution in [0.3, 0.4) is 0 Å². The monoisotopic (exact) mass is 592 g/mol. The first kappa shape index (κ1) is 26.6. The van der Waals surface area contributed by atoms with Gasteiger partial charge in [-0.3, -0.25) is 0 Å². The summed E-state index contributed by atoms with van der Waals surface area (Å²) in [5, 5.41) is 6.17. The number of amidine groups is 2. The fourth-order valence-corrected chi connectivity index (χ4v) is 7.50. The Bertz CT molecular complexity index is 2340. The van der Waals surface area contributed by atoms with E-state index < -0.39 is 0 Å². The highest BCUT2D eigenvalue weighted by atomic mass is 15.2. The number of aromatic nitrogens is 1. The van der Waals surface area contributed by atoms with Crippen molar-refractivity contribution in [1.82, 2.24) is 9.88 Å². The molecule has 46 heavy (non-hydrogen) atoms. The van der Waals surface area contributed by atoms with Crippen LogP contribution < -0.4 is 5.32 Å². The van der Waals surface area contributed by atoms with Crippen molar-refractivity contribution < 1.29 is 0 Å². The van der Waals surface area contributed by atoms with Gasteiger partial charge in [0.15, 0.2) is 5.84 Å². The minimum absolute atomic E-state index is 0.0961. The first-order chi connectivity index (χ1) is 22.6. The van der Waals surface area contributed by atoms with Gasteiger partial charge in [0, 0.05) is 33.0 Å². The number of nitrogens with zero attached hydrogens (tertiary/aromatic N) is 3. The molecule has 0 amide bonds. The number of nitrogens with one attached hydrogen (secondary N) is 1. The Morgan fingerprint density at radius 1 is 0.609 bits per heavy atom. The summed E-state index contributed by atoms with van der Waals surface area (Å²) in [6.45, 7) is 4.73. The molecule has 1 N–H and O–H groups in total. The minimum Gasteiger partial charge on any atom is -0.344 e. The van der Waals surface area contributed by atoms with Gasteiger partial charge in [0.25, 0.3) is 0 Å². The third-order valence-corrected chi connectivity index (χ3v) is 9.64. The van der Waals surface area contributed by atoms with E-state index in [1.54, 1.807) is 0 Å². The van der Waals surface area contributed by atoms with E-state index in [2.05, 4.69) is 145 Å². The molecule has 0 fully saturated rings. The standard InChI is InChI=1S/C42H32N4/c1-42(2)34-19-11-9-17-31(34)32-25-26-36-37(38(32)42)33-18-10-12-20-35(33)46(36)30-23-21-29(22-24-30)41-44-39(27-13-5-3-6-14-27)43-40(45-41)28-15-7-4-8-16-28/h3-26,39H,1-2H3,(H,43,44,45). The summed E-state index contributed by atoms with van der Waals surface area (Å²) in [4.78, 5) is 10.1. The van der Waals surface area contributed by atoms with Crippen molar-refractivity contribution in [2.45, 2.75) is 25.4 Å². The molecule has 1 atom stereocenters. The minimum atomic E-state index is -0.226. The van der Waals surface area contributed by atoms with E-state index in [1.807, 2.05) is 24.3 Å².